The summed E-state index contributed by atoms with van der Waals surface area (Å²) >= 11 is 21.0. The number of hydrogen-bond acceptors (Lipinski definition) is 4. The summed E-state index contributed by atoms with van der Waals surface area (Å²) in [7, 11) is 0. The minimum absolute atomic E-state index is 0.256. The molecule has 106 valence electrons. The van der Waals surface area contributed by atoms with Crippen LogP contribution in [0.15, 0.2) is 0 Å². The van der Waals surface area contributed by atoms with E-state index in [1.807, 2.05) is 0 Å². The zero-order valence-electron chi connectivity index (χ0n) is 9.54. The molecule has 0 atom stereocenters. The highest BCUT2D eigenvalue weighted by molar-refractivity contribution is 6.43. The molecule has 0 saturated heterocycles. The van der Waals surface area contributed by atoms with Crippen LogP contribution in [0.2, 0.25) is 0 Å². The molecule has 0 bridgehead atoms. The summed E-state index contributed by atoms with van der Waals surface area (Å²) in [5, 5.41) is -2.24. The van der Waals surface area contributed by atoms with Crippen molar-refractivity contribution in [3.8, 4) is 0 Å². The van der Waals surface area contributed by atoms with Crippen molar-refractivity contribution in [1.29, 1.82) is 0 Å². The molecule has 0 spiro atoms. The van der Waals surface area contributed by atoms with Crippen LogP contribution in [0, 0.1) is 0 Å². The van der Waals surface area contributed by atoms with Gasteiger partial charge in [-0.25, -0.2) is 0 Å². The summed E-state index contributed by atoms with van der Waals surface area (Å²) in [5.74, 6) is -0.868. The second kappa shape index (κ2) is 11.0. The molecular formula is C10H14Cl4O4. The quantitative estimate of drug-likeness (QED) is 0.363. The first-order valence-corrected chi connectivity index (χ1v) is 7.11. The molecule has 0 amide bonds. The molecule has 18 heavy (non-hydrogen) atoms. The first-order valence-electron chi connectivity index (χ1n) is 5.37. The van der Waals surface area contributed by atoms with Gasteiger partial charge in [0.25, 0.3) is 10.0 Å². The van der Waals surface area contributed by atoms with Crippen LogP contribution in [0.5, 0.6) is 0 Å². The average Bonchev–Trinajstić information content (AvgIpc) is 2.20. The number of carbonyl (C=O) groups excluding carboxylic acids is 2. The first-order chi connectivity index (χ1) is 8.41. The predicted molar refractivity (Wildman–Crippen MR) is 70.9 cm³/mol. The fourth-order valence-electron chi connectivity index (χ4n) is 1.21. The summed E-state index contributed by atoms with van der Waals surface area (Å²) in [6, 6.07) is 0. The Hall–Kier alpha value is 0.1000. The second-order valence-electron chi connectivity index (χ2n) is 3.42. The van der Waals surface area contributed by atoms with Crippen LogP contribution in [0.3, 0.4) is 0 Å². The van der Waals surface area contributed by atoms with E-state index in [4.69, 9.17) is 46.4 Å². The summed E-state index contributed by atoms with van der Waals surface area (Å²) in [6.07, 6.45) is 3.41. The lowest BCUT2D eigenvalue weighted by Gasteiger charge is -2.05. The zero-order chi connectivity index (χ0) is 14.0. The minimum atomic E-state index is -1.12. The van der Waals surface area contributed by atoms with Crippen LogP contribution in [-0.4, -0.2) is 22.0 Å². The van der Waals surface area contributed by atoms with E-state index in [0.29, 0.717) is 12.8 Å². The van der Waals surface area contributed by atoms with E-state index < -0.39 is 22.0 Å². The molecule has 0 aromatic rings. The molecule has 0 N–H and O–H groups in total. The van der Waals surface area contributed by atoms with Gasteiger partial charge in [-0.2, -0.15) is 0 Å². The SMILES string of the molecule is O=C(CCCCCCC(=O)OC(Cl)Cl)OC(Cl)Cl. The van der Waals surface area contributed by atoms with E-state index in [1.165, 1.54) is 0 Å². The highest BCUT2D eigenvalue weighted by Gasteiger charge is 2.09. The Morgan fingerprint density at radius 1 is 0.722 bits per heavy atom. The maximum absolute atomic E-state index is 11.0. The Morgan fingerprint density at radius 3 is 1.33 bits per heavy atom. The molecule has 0 rings (SSSR count). The van der Waals surface area contributed by atoms with Gasteiger partial charge in [-0.3, -0.25) is 9.59 Å². The molecule has 8 heteroatoms. The summed E-state index contributed by atoms with van der Waals surface area (Å²) in [6.45, 7) is 0. The summed E-state index contributed by atoms with van der Waals surface area (Å²) in [5.41, 5.74) is 0. The van der Waals surface area contributed by atoms with Crippen LogP contribution in [0.4, 0.5) is 0 Å². The maximum atomic E-state index is 11.0. The van der Waals surface area contributed by atoms with Crippen LogP contribution in [0.25, 0.3) is 0 Å². The molecule has 0 heterocycles. The van der Waals surface area contributed by atoms with E-state index in [9.17, 15) is 9.59 Å². The number of unbranched alkanes of at least 4 members (excludes halogenated alkanes) is 3. The molecule has 0 aliphatic rings. The molecule has 0 aliphatic carbocycles. The van der Waals surface area contributed by atoms with Gasteiger partial charge in [0.05, 0.1) is 0 Å². The van der Waals surface area contributed by atoms with Crippen molar-refractivity contribution < 1.29 is 19.1 Å². The summed E-state index contributed by atoms with van der Waals surface area (Å²) in [4.78, 5) is 22.0. The van der Waals surface area contributed by atoms with Crippen molar-refractivity contribution in [2.24, 2.45) is 0 Å². The molecule has 0 aromatic carbocycles. The second-order valence-corrected chi connectivity index (χ2v) is 5.45. The molecule has 0 radical (unpaired) electrons. The van der Waals surface area contributed by atoms with Crippen molar-refractivity contribution in [2.75, 3.05) is 0 Å². The maximum Gasteiger partial charge on any atom is 0.308 e. The smallest absolute Gasteiger partial charge is 0.308 e. The Balaban J connectivity index is 3.36. The third-order valence-corrected chi connectivity index (χ3v) is 2.31. The van der Waals surface area contributed by atoms with Gasteiger partial charge in [-0.05, 0) is 12.8 Å². The molecule has 0 fully saturated rings. The lowest BCUT2D eigenvalue weighted by atomic mass is 10.1. The van der Waals surface area contributed by atoms with Crippen LogP contribution < -0.4 is 0 Å². The number of halogens is 4. The zero-order valence-corrected chi connectivity index (χ0v) is 12.6. The Bertz CT molecular complexity index is 232. The largest absolute Gasteiger partial charge is 0.431 e. The number of ether oxygens (including phenoxy) is 2. The van der Waals surface area contributed by atoms with Gasteiger partial charge in [-0.15, -0.1) is 0 Å². The van der Waals surface area contributed by atoms with Gasteiger partial charge >= 0.3 is 11.9 Å². The van der Waals surface area contributed by atoms with Gasteiger partial charge in [0.15, 0.2) is 0 Å². The highest BCUT2D eigenvalue weighted by atomic mass is 35.5. The van der Waals surface area contributed by atoms with Gasteiger partial charge in [0.1, 0.15) is 0 Å². The van der Waals surface area contributed by atoms with E-state index >= 15 is 0 Å². The van der Waals surface area contributed by atoms with Gasteiger partial charge in [-0.1, -0.05) is 59.2 Å². The Labute approximate surface area is 126 Å². The lowest BCUT2D eigenvalue weighted by Crippen LogP contribution is -2.08. The van der Waals surface area contributed by atoms with Gasteiger partial charge in [0.2, 0.25) is 0 Å². The van der Waals surface area contributed by atoms with Crippen molar-refractivity contribution >= 4 is 58.3 Å². The molecule has 0 unspecified atom stereocenters. The van der Waals surface area contributed by atoms with Gasteiger partial charge < -0.3 is 9.47 Å². The van der Waals surface area contributed by atoms with Crippen LogP contribution in [-0.2, 0) is 19.1 Å². The van der Waals surface area contributed by atoms with E-state index in [0.717, 1.165) is 12.8 Å². The standard InChI is InChI=1S/C10H14Cl4O4/c11-9(12)17-7(15)5-3-1-2-4-6-8(16)18-10(13)14/h9-10H,1-6H2. The molecule has 0 aromatic heterocycles. The number of hydrogen-bond donors (Lipinski definition) is 0. The molecule has 0 aliphatic heterocycles. The van der Waals surface area contributed by atoms with E-state index in [2.05, 4.69) is 9.47 Å². The molecule has 4 nitrogen and oxygen atoms in total. The normalized spacial score (nSPS) is 10.8. The molecular weight excluding hydrogens is 326 g/mol. The first kappa shape index (κ1) is 18.1. The minimum Gasteiger partial charge on any atom is -0.431 e. The lowest BCUT2D eigenvalue weighted by molar-refractivity contribution is -0.144. The Morgan fingerprint density at radius 2 is 1.06 bits per heavy atom. The van der Waals surface area contributed by atoms with Crippen molar-refractivity contribution in [1.82, 2.24) is 0 Å². The monoisotopic (exact) mass is 338 g/mol. The van der Waals surface area contributed by atoms with Crippen LogP contribution >= 0.6 is 46.4 Å². The number of rotatable bonds is 9. The average molecular weight is 340 g/mol. The van der Waals surface area contributed by atoms with E-state index in [-0.39, 0.29) is 12.8 Å². The van der Waals surface area contributed by atoms with Crippen LogP contribution in [0.1, 0.15) is 38.5 Å². The fraction of sp³-hybridized carbons (Fsp3) is 0.800. The van der Waals surface area contributed by atoms with Crippen molar-refractivity contribution in [3.63, 3.8) is 0 Å². The topological polar surface area (TPSA) is 52.6 Å². The number of alkyl halides is 4. The third-order valence-electron chi connectivity index (χ3n) is 1.95. The summed E-state index contributed by atoms with van der Waals surface area (Å²) < 4.78 is 9.05. The van der Waals surface area contributed by atoms with Crippen molar-refractivity contribution in [2.45, 2.75) is 48.6 Å². The molecule has 0 saturated carbocycles. The van der Waals surface area contributed by atoms with E-state index in [1.54, 1.807) is 0 Å². The number of esters is 2. The third kappa shape index (κ3) is 12.6. The number of carbonyl (C=O) groups is 2. The Kier molecular flexibility index (Phi) is 11.0. The fourth-order valence-corrected chi connectivity index (χ4v) is 1.61. The predicted octanol–water partition coefficient (Wildman–Crippen LogP) is 3.94. The highest BCUT2D eigenvalue weighted by Crippen LogP contribution is 2.11. The van der Waals surface area contributed by atoms with Gasteiger partial charge in [0, 0.05) is 12.8 Å². The van der Waals surface area contributed by atoms with Crippen molar-refractivity contribution in [3.05, 3.63) is 0 Å².